The Kier molecular flexibility index (Phi) is 9.13. The maximum Gasteiger partial charge on any atom is 0.387 e. The smallest absolute Gasteiger partial charge is 0.387 e. The fourth-order valence-corrected chi connectivity index (χ4v) is 3.90. The number of hydrogen-bond donors (Lipinski definition) is 2. The minimum Gasteiger partial charge on any atom is -0.489 e. The van der Waals surface area contributed by atoms with E-state index in [1.165, 1.54) is 18.2 Å². The molecule has 1 aromatic carbocycles. The predicted molar refractivity (Wildman–Crippen MR) is 129 cm³/mol. The highest BCUT2D eigenvalue weighted by Crippen LogP contribution is 2.37. The molecule has 198 valence electrons. The summed E-state index contributed by atoms with van der Waals surface area (Å²) in [6.45, 7) is 1.68. The van der Waals surface area contributed by atoms with E-state index in [2.05, 4.69) is 15.0 Å². The third kappa shape index (κ3) is 6.64. The second-order valence-corrected chi connectivity index (χ2v) is 8.97. The molecule has 0 radical (unpaired) electrons. The molecule has 1 saturated heterocycles. The molecule has 0 unspecified atom stereocenters. The van der Waals surface area contributed by atoms with Gasteiger partial charge in [0.1, 0.15) is 0 Å². The Hall–Kier alpha value is -2.92. The molecule has 12 heteroatoms. The normalized spacial score (nSPS) is 18.1. The first-order chi connectivity index (χ1) is 16.7. The number of alkyl halides is 2. The highest BCUT2D eigenvalue weighted by Gasteiger charge is 2.33. The maximum atomic E-state index is 13.3. The molecule has 4 rings (SSSR count). The van der Waals surface area contributed by atoms with Crippen molar-refractivity contribution in [2.45, 2.75) is 58.2 Å². The summed E-state index contributed by atoms with van der Waals surface area (Å²) in [5.74, 6) is 0.399. The molecule has 3 N–H and O–H groups in total. The van der Waals surface area contributed by atoms with Crippen molar-refractivity contribution >= 4 is 24.2 Å². The zero-order valence-electron chi connectivity index (χ0n) is 20.2. The molecule has 2 fully saturated rings. The second-order valence-electron chi connectivity index (χ2n) is 8.97. The summed E-state index contributed by atoms with van der Waals surface area (Å²) >= 11 is 0. The molecule has 36 heavy (non-hydrogen) atoms. The number of amides is 2. The van der Waals surface area contributed by atoms with E-state index in [1.54, 1.807) is 18.7 Å². The average Bonchev–Trinajstić information content (AvgIpc) is 3.35. The summed E-state index contributed by atoms with van der Waals surface area (Å²) in [4.78, 5) is 31.0. The van der Waals surface area contributed by atoms with Crippen molar-refractivity contribution in [1.29, 1.82) is 0 Å². The third-order valence-electron chi connectivity index (χ3n) is 6.01. The Labute approximate surface area is 214 Å². The van der Waals surface area contributed by atoms with E-state index in [9.17, 15) is 18.4 Å². The Morgan fingerprint density at radius 2 is 2.03 bits per heavy atom. The van der Waals surface area contributed by atoms with Gasteiger partial charge in [-0.1, -0.05) is 6.92 Å². The van der Waals surface area contributed by atoms with Crippen molar-refractivity contribution in [1.82, 2.24) is 15.2 Å². The number of ether oxygens (including phenoxy) is 2. The van der Waals surface area contributed by atoms with E-state index < -0.39 is 12.7 Å². The first-order valence-electron chi connectivity index (χ1n) is 11.8. The monoisotopic (exact) mass is 528 g/mol. The highest BCUT2D eigenvalue weighted by atomic mass is 35.5. The van der Waals surface area contributed by atoms with Crippen molar-refractivity contribution in [3.05, 3.63) is 29.7 Å². The quantitative estimate of drug-likeness (QED) is 0.479. The van der Waals surface area contributed by atoms with Crippen molar-refractivity contribution in [2.24, 2.45) is 11.7 Å². The Morgan fingerprint density at radius 3 is 2.67 bits per heavy atom. The molecule has 1 aliphatic carbocycles. The number of carbonyl (C=O) groups is 2. The van der Waals surface area contributed by atoms with Crippen LogP contribution in [0, 0.1) is 5.92 Å². The van der Waals surface area contributed by atoms with Crippen LogP contribution in [0.3, 0.4) is 0 Å². The standard InChI is InChI=1S/C24H30F2N4O5.ClH/c1-3-19(31)28-16-8-9-30(11-16)23(32)20-21(13(2)27)35-22(29-20)15-6-7-17(34-24(25)26)18(10-15)33-12-14-4-5-14;/h6-7,10,13-14,16,24H,3-5,8-9,11-12,27H2,1-2H3,(H,28,31);1H/t13-,16+;/m0./s1. The van der Waals surface area contributed by atoms with Crippen LogP contribution in [0.15, 0.2) is 22.6 Å². The lowest BCUT2D eigenvalue weighted by atomic mass is 10.2. The Morgan fingerprint density at radius 1 is 1.28 bits per heavy atom. The minimum absolute atomic E-state index is 0. The Bertz CT molecular complexity index is 1080. The summed E-state index contributed by atoms with van der Waals surface area (Å²) in [5, 5.41) is 2.90. The summed E-state index contributed by atoms with van der Waals surface area (Å²) in [6, 6.07) is 3.66. The lowest BCUT2D eigenvalue weighted by Gasteiger charge is -2.16. The maximum absolute atomic E-state index is 13.3. The van der Waals surface area contributed by atoms with Gasteiger partial charge in [0.25, 0.3) is 5.91 Å². The summed E-state index contributed by atoms with van der Waals surface area (Å²) < 4.78 is 41.9. The van der Waals surface area contributed by atoms with Gasteiger partial charge in [0.05, 0.1) is 12.6 Å². The highest BCUT2D eigenvalue weighted by molar-refractivity contribution is 5.94. The molecule has 1 saturated carbocycles. The van der Waals surface area contributed by atoms with Crippen molar-refractivity contribution < 1.29 is 32.3 Å². The number of oxazole rings is 1. The molecule has 9 nitrogen and oxygen atoms in total. The van der Waals surface area contributed by atoms with E-state index >= 15 is 0 Å². The van der Waals surface area contributed by atoms with Crippen LogP contribution >= 0.6 is 12.4 Å². The molecule has 1 aromatic heterocycles. The van der Waals surface area contributed by atoms with Gasteiger partial charge in [-0.25, -0.2) is 4.98 Å². The van der Waals surface area contributed by atoms with Crippen LogP contribution < -0.4 is 20.5 Å². The summed E-state index contributed by atoms with van der Waals surface area (Å²) in [6.07, 6.45) is 3.09. The second kappa shape index (κ2) is 11.9. The van der Waals surface area contributed by atoms with Crippen LogP contribution in [0.5, 0.6) is 11.5 Å². The molecular weight excluding hydrogens is 498 g/mol. The first-order valence-corrected chi connectivity index (χ1v) is 11.8. The summed E-state index contributed by atoms with van der Waals surface area (Å²) in [7, 11) is 0. The average molecular weight is 529 g/mol. The topological polar surface area (TPSA) is 120 Å². The number of benzene rings is 1. The molecule has 0 spiro atoms. The van der Waals surface area contributed by atoms with Gasteiger partial charge in [0, 0.05) is 31.1 Å². The zero-order chi connectivity index (χ0) is 25.1. The molecule has 2 heterocycles. The first kappa shape index (κ1) is 27.7. The largest absolute Gasteiger partial charge is 0.489 e. The van der Waals surface area contributed by atoms with Gasteiger partial charge >= 0.3 is 6.61 Å². The molecular formula is C24H31ClF2N4O5. The van der Waals surface area contributed by atoms with Gasteiger partial charge in [0.15, 0.2) is 23.0 Å². The van der Waals surface area contributed by atoms with Crippen LogP contribution in [0.25, 0.3) is 11.5 Å². The van der Waals surface area contributed by atoms with Crippen LogP contribution in [-0.2, 0) is 4.79 Å². The number of likely N-dealkylation sites (tertiary alicyclic amines) is 1. The number of halogens is 3. The van der Waals surface area contributed by atoms with Crippen LogP contribution in [0.4, 0.5) is 8.78 Å². The van der Waals surface area contributed by atoms with Gasteiger partial charge in [-0.05, 0) is 50.3 Å². The number of nitrogens with one attached hydrogen (secondary N) is 1. The fourth-order valence-electron chi connectivity index (χ4n) is 3.90. The van der Waals surface area contributed by atoms with Crippen LogP contribution in [-0.4, -0.2) is 54.0 Å². The fraction of sp³-hybridized carbons (Fsp3) is 0.542. The summed E-state index contributed by atoms with van der Waals surface area (Å²) in [5.41, 5.74) is 6.59. The predicted octanol–water partition coefficient (Wildman–Crippen LogP) is 3.91. The van der Waals surface area contributed by atoms with Crippen LogP contribution in [0.2, 0.25) is 0 Å². The number of hydrogen-bond acceptors (Lipinski definition) is 7. The number of nitrogens with zero attached hydrogens (tertiary/aromatic N) is 2. The van der Waals surface area contributed by atoms with Crippen LogP contribution in [0.1, 0.15) is 61.8 Å². The minimum atomic E-state index is -2.99. The SMILES string of the molecule is CCC(=O)N[C@@H]1CCN(C(=O)c2nc(-c3ccc(OC(F)F)c(OCC4CC4)c3)oc2[C@H](C)N)C1.Cl. The number of aromatic nitrogens is 1. The van der Waals surface area contributed by atoms with Crippen molar-refractivity contribution in [3.63, 3.8) is 0 Å². The van der Waals surface area contributed by atoms with Gasteiger partial charge < -0.3 is 29.8 Å². The van der Waals surface area contributed by atoms with Gasteiger partial charge in [0.2, 0.25) is 11.8 Å². The zero-order valence-corrected chi connectivity index (χ0v) is 21.0. The van der Waals surface area contributed by atoms with Gasteiger partial charge in [-0.2, -0.15) is 8.78 Å². The van der Waals surface area contributed by atoms with Gasteiger partial charge in [-0.15, -0.1) is 12.4 Å². The number of nitrogens with two attached hydrogens (primary N) is 1. The lowest BCUT2D eigenvalue weighted by molar-refractivity contribution is -0.121. The van der Waals surface area contributed by atoms with E-state index in [1.807, 2.05) is 0 Å². The van der Waals surface area contributed by atoms with E-state index in [0.717, 1.165) is 12.8 Å². The van der Waals surface area contributed by atoms with Crippen molar-refractivity contribution in [2.75, 3.05) is 19.7 Å². The molecule has 2 aromatic rings. The number of rotatable bonds is 10. The molecule has 1 aliphatic heterocycles. The van der Waals surface area contributed by atoms with E-state index in [0.29, 0.717) is 44.0 Å². The molecule has 2 atom stereocenters. The molecule has 0 bridgehead atoms. The number of carbonyl (C=O) groups excluding carboxylic acids is 2. The van der Waals surface area contributed by atoms with Gasteiger partial charge in [-0.3, -0.25) is 9.59 Å². The van der Waals surface area contributed by atoms with E-state index in [4.69, 9.17) is 14.9 Å². The molecule has 2 aliphatic rings. The van der Waals surface area contributed by atoms with E-state index in [-0.39, 0.29) is 59.1 Å². The third-order valence-corrected chi connectivity index (χ3v) is 6.01. The van der Waals surface area contributed by atoms with Crippen molar-refractivity contribution in [3.8, 4) is 23.0 Å². The lowest BCUT2D eigenvalue weighted by Crippen LogP contribution is -2.38. The Balaban J connectivity index is 0.00000361. The molecule has 2 amide bonds.